The molecule has 2 aliphatic rings. The van der Waals surface area contributed by atoms with E-state index in [1.54, 1.807) is 7.11 Å². The normalized spacial score (nSPS) is 28.8. The van der Waals surface area contributed by atoms with Crippen molar-refractivity contribution in [2.24, 2.45) is 5.73 Å². The summed E-state index contributed by atoms with van der Waals surface area (Å²) in [7, 11) is 1.65. The van der Waals surface area contributed by atoms with Gasteiger partial charge in [0, 0.05) is 32.4 Å². The average molecular weight is 293 g/mol. The molecule has 1 spiro atoms. The number of nitrogens with two attached hydrogens (primary N) is 1. The summed E-state index contributed by atoms with van der Waals surface area (Å²) < 4.78 is 23.0. The van der Waals surface area contributed by atoms with E-state index in [9.17, 15) is 0 Å². The van der Waals surface area contributed by atoms with Gasteiger partial charge < -0.3 is 24.7 Å². The van der Waals surface area contributed by atoms with E-state index >= 15 is 0 Å². The second-order valence-corrected chi connectivity index (χ2v) is 5.76. The summed E-state index contributed by atoms with van der Waals surface area (Å²) in [6.07, 6.45) is 2.83. The van der Waals surface area contributed by atoms with Crippen LogP contribution in [0.1, 0.15) is 24.8 Å². The third-order valence-corrected chi connectivity index (χ3v) is 4.27. The fraction of sp³-hybridized carbons (Fsp3) is 0.625. The lowest BCUT2D eigenvalue weighted by Gasteiger charge is -2.37. The summed E-state index contributed by atoms with van der Waals surface area (Å²) in [5, 5.41) is 0. The monoisotopic (exact) mass is 293 g/mol. The molecule has 3 rings (SSSR count). The Morgan fingerprint density at radius 2 is 2.24 bits per heavy atom. The Morgan fingerprint density at radius 1 is 1.33 bits per heavy atom. The van der Waals surface area contributed by atoms with Crippen molar-refractivity contribution in [1.29, 1.82) is 0 Å². The largest absolute Gasteiger partial charge is 0.493 e. The van der Waals surface area contributed by atoms with Gasteiger partial charge in [-0.3, -0.25) is 0 Å². The summed E-state index contributed by atoms with van der Waals surface area (Å²) >= 11 is 0. The number of benzene rings is 1. The van der Waals surface area contributed by atoms with E-state index < -0.39 is 0 Å². The minimum absolute atomic E-state index is 0.127. The first-order valence-corrected chi connectivity index (χ1v) is 7.50. The lowest BCUT2D eigenvalue weighted by atomic mass is 9.91. The topological polar surface area (TPSA) is 62.9 Å². The van der Waals surface area contributed by atoms with Crippen LogP contribution in [0.3, 0.4) is 0 Å². The molecule has 0 aromatic heterocycles. The smallest absolute Gasteiger partial charge is 0.161 e. The molecule has 2 saturated heterocycles. The van der Waals surface area contributed by atoms with Crippen molar-refractivity contribution in [1.82, 2.24) is 0 Å². The number of rotatable bonds is 4. The minimum Gasteiger partial charge on any atom is -0.493 e. The fourth-order valence-electron chi connectivity index (χ4n) is 3.07. The molecule has 2 fully saturated rings. The van der Waals surface area contributed by atoms with Crippen LogP contribution in [-0.2, 0) is 16.0 Å². The zero-order valence-electron chi connectivity index (χ0n) is 12.5. The van der Waals surface area contributed by atoms with E-state index in [1.807, 2.05) is 18.2 Å². The molecule has 0 saturated carbocycles. The van der Waals surface area contributed by atoms with Crippen LogP contribution >= 0.6 is 0 Å². The summed E-state index contributed by atoms with van der Waals surface area (Å²) in [6.45, 7) is 2.66. The molecule has 0 aliphatic carbocycles. The molecular weight excluding hydrogens is 270 g/mol. The highest BCUT2D eigenvalue weighted by atomic mass is 16.6. The van der Waals surface area contributed by atoms with Crippen molar-refractivity contribution in [2.75, 3.05) is 26.9 Å². The SMILES string of the molecule is COc1ccc(CN)cc1OC1CCOC2(CCOC2)C1. The highest BCUT2D eigenvalue weighted by molar-refractivity contribution is 5.43. The molecule has 2 aliphatic heterocycles. The van der Waals surface area contributed by atoms with E-state index in [2.05, 4.69) is 0 Å². The highest BCUT2D eigenvalue weighted by Crippen LogP contribution is 2.36. The van der Waals surface area contributed by atoms with Crippen LogP contribution in [0.15, 0.2) is 18.2 Å². The van der Waals surface area contributed by atoms with Gasteiger partial charge in [0.1, 0.15) is 6.10 Å². The number of hydrogen-bond acceptors (Lipinski definition) is 5. The Kier molecular flexibility index (Phi) is 4.33. The summed E-state index contributed by atoms with van der Waals surface area (Å²) in [5.74, 6) is 1.51. The second-order valence-electron chi connectivity index (χ2n) is 5.76. The second kappa shape index (κ2) is 6.22. The van der Waals surface area contributed by atoms with Gasteiger partial charge in [-0.2, -0.15) is 0 Å². The molecule has 116 valence electrons. The maximum Gasteiger partial charge on any atom is 0.161 e. The summed E-state index contributed by atoms with van der Waals surface area (Å²) in [4.78, 5) is 0. The molecule has 1 aromatic rings. The van der Waals surface area contributed by atoms with Crippen LogP contribution < -0.4 is 15.2 Å². The fourth-order valence-corrected chi connectivity index (χ4v) is 3.07. The van der Waals surface area contributed by atoms with E-state index in [1.165, 1.54) is 0 Å². The van der Waals surface area contributed by atoms with Gasteiger partial charge in [-0.15, -0.1) is 0 Å². The summed E-state index contributed by atoms with van der Waals surface area (Å²) in [5.41, 5.74) is 6.59. The lowest BCUT2D eigenvalue weighted by molar-refractivity contribution is -0.112. The van der Waals surface area contributed by atoms with Gasteiger partial charge in [0.2, 0.25) is 0 Å². The molecule has 2 N–H and O–H groups in total. The van der Waals surface area contributed by atoms with Gasteiger partial charge in [-0.1, -0.05) is 6.07 Å². The molecule has 0 radical (unpaired) electrons. The Bertz CT molecular complexity index is 485. The first-order valence-electron chi connectivity index (χ1n) is 7.50. The molecular formula is C16H23NO4. The maximum absolute atomic E-state index is 6.19. The molecule has 5 heteroatoms. The van der Waals surface area contributed by atoms with Gasteiger partial charge in [0.15, 0.2) is 11.5 Å². The van der Waals surface area contributed by atoms with Crippen LogP contribution in [0.2, 0.25) is 0 Å². The Hall–Kier alpha value is -1.30. The Morgan fingerprint density at radius 3 is 2.95 bits per heavy atom. The molecule has 1 aromatic carbocycles. The molecule has 0 bridgehead atoms. The molecule has 2 atom stereocenters. The van der Waals surface area contributed by atoms with Crippen LogP contribution in [0.5, 0.6) is 11.5 Å². The number of methoxy groups -OCH3 is 1. The lowest BCUT2D eigenvalue weighted by Crippen LogP contribution is -2.44. The van der Waals surface area contributed by atoms with Crippen molar-refractivity contribution in [3.8, 4) is 11.5 Å². The first-order chi connectivity index (χ1) is 10.2. The third-order valence-electron chi connectivity index (χ3n) is 4.27. The zero-order chi connectivity index (χ0) is 14.7. The van der Waals surface area contributed by atoms with Crippen molar-refractivity contribution in [2.45, 2.75) is 37.5 Å². The van der Waals surface area contributed by atoms with Gasteiger partial charge >= 0.3 is 0 Å². The van der Waals surface area contributed by atoms with Crippen molar-refractivity contribution < 1.29 is 18.9 Å². The highest BCUT2D eigenvalue weighted by Gasteiger charge is 2.42. The number of ether oxygens (including phenoxy) is 4. The third kappa shape index (κ3) is 3.15. The van der Waals surface area contributed by atoms with Crippen molar-refractivity contribution in [3.05, 3.63) is 23.8 Å². The molecule has 21 heavy (non-hydrogen) atoms. The Labute approximate surface area is 125 Å². The first kappa shape index (κ1) is 14.6. The quantitative estimate of drug-likeness (QED) is 0.918. The maximum atomic E-state index is 6.19. The molecule has 2 unspecified atom stereocenters. The van der Waals surface area contributed by atoms with Crippen LogP contribution in [0.4, 0.5) is 0 Å². The van der Waals surface area contributed by atoms with Gasteiger partial charge in [0.25, 0.3) is 0 Å². The average Bonchev–Trinajstić information content (AvgIpc) is 2.95. The minimum atomic E-state index is -0.151. The van der Waals surface area contributed by atoms with Crippen LogP contribution in [0, 0.1) is 0 Å². The van der Waals surface area contributed by atoms with E-state index in [0.29, 0.717) is 19.8 Å². The standard InChI is InChI=1S/C16H23NO4/c1-18-14-3-2-12(10-17)8-15(14)21-13-4-6-20-16(9-13)5-7-19-11-16/h2-3,8,13H,4-7,9-11,17H2,1H3. The Balaban J connectivity index is 1.73. The van der Waals surface area contributed by atoms with Crippen molar-refractivity contribution >= 4 is 0 Å². The van der Waals surface area contributed by atoms with Crippen LogP contribution in [-0.4, -0.2) is 38.6 Å². The van der Waals surface area contributed by atoms with E-state index in [-0.39, 0.29) is 11.7 Å². The number of hydrogen-bond donors (Lipinski definition) is 1. The summed E-state index contributed by atoms with van der Waals surface area (Å²) in [6, 6.07) is 5.83. The van der Waals surface area contributed by atoms with Gasteiger partial charge in [0.05, 0.1) is 25.9 Å². The van der Waals surface area contributed by atoms with Gasteiger partial charge in [-0.05, 0) is 17.7 Å². The zero-order valence-corrected chi connectivity index (χ0v) is 12.5. The molecule has 2 heterocycles. The predicted octanol–water partition coefficient (Wildman–Crippen LogP) is 1.87. The van der Waals surface area contributed by atoms with E-state index in [0.717, 1.165) is 42.9 Å². The predicted molar refractivity (Wildman–Crippen MR) is 78.7 cm³/mol. The van der Waals surface area contributed by atoms with Crippen molar-refractivity contribution in [3.63, 3.8) is 0 Å². The van der Waals surface area contributed by atoms with Crippen LogP contribution in [0.25, 0.3) is 0 Å². The molecule has 5 nitrogen and oxygen atoms in total. The van der Waals surface area contributed by atoms with Gasteiger partial charge in [-0.25, -0.2) is 0 Å². The molecule has 0 amide bonds. The van der Waals surface area contributed by atoms with E-state index in [4.69, 9.17) is 24.7 Å².